The molecule has 0 saturated heterocycles. The highest BCUT2D eigenvalue weighted by atomic mass is 16.2. The average molecular weight is 283 g/mol. The van der Waals surface area contributed by atoms with Gasteiger partial charge < -0.3 is 10.3 Å². The summed E-state index contributed by atoms with van der Waals surface area (Å²) >= 11 is 0. The summed E-state index contributed by atoms with van der Waals surface area (Å²) in [4.78, 5) is 30.0. The van der Waals surface area contributed by atoms with E-state index >= 15 is 0 Å². The maximum atomic E-state index is 11.9. The fraction of sp³-hybridized carbons (Fsp3) is 0.188. The molecule has 0 fully saturated rings. The molecule has 0 unspecified atom stereocenters. The number of rotatable bonds is 4. The Bertz CT molecular complexity index is 747. The van der Waals surface area contributed by atoms with Gasteiger partial charge in [-0.25, -0.2) is 4.79 Å². The minimum Gasteiger partial charge on any atom is -0.347 e. The van der Waals surface area contributed by atoms with Gasteiger partial charge in [-0.3, -0.25) is 4.79 Å². The van der Waals surface area contributed by atoms with E-state index in [1.807, 2.05) is 32.0 Å². The van der Waals surface area contributed by atoms with Gasteiger partial charge in [0, 0.05) is 12.1 Å². The third kappa shape index (κ3) is 3.45. The lowest BCUT2D eigenvalue weighted by molar-refractivity contribution is 0.0952. The van der Waals surface area contributed by atoms with E-state index in [0.717, 1.165) is 16.7 Å². The number of nitrogens with zero attached hydrogens (tertiary/aromatic N) is 1. The molecule has 0 aliphatic carbocycles. The lowest BCUT2D eigenvalue weighted by Crippen LogP contribution is -2.27. The zero-order valence-corrected chi connectivity index (χ0v) is 12.1. The van der Waals surface area contributed by atoms with E-state index in [1.165, 1.54) is 0 Å². The molecule has 2 rings (SSSR count). The molecular weight excluding hydrogens is 266 g/mol. The largest absolute Gasteiger partial charge is 0.347 e. The Morgan fingerprint density at radius 1 is 1.38 bits per heavy atom. The molecule has 0 atom stereocenters. The van der Waals surface area contributed by atoms with Crippen LogP contribution in [0.3, 0.4) is 0 Å². The quantitative estimate of drug-likeness (QED) is 0.842. The van der Waals surface area contributed by atoms with Crippen LogP contribution >= 0.6 is 0 Å². The number of nitrogens with one attached hydrogen (secondary N) is 2. The van der Waals surface area contributed by atoms with E-state index in [-0.39, 0.29) is 11.6 Å². The van der Waals surface area contributed by atoms with Crippen molar-refractivity contribution in [3.63, 3.8) is 0 Å². The molecule has 2 N–H and O–H groups in total. The highest BCUT2D eigenvalue weighted by Gasteiger charge is 2.11. The van der Waals surface area contributed by atoms with Crippen LogP contribution in [-0.2, 0) is 0 Å². The predicted octanol–water partition coefficient (Wildman–Crippen LogP) is 1.97. The van der Waals surface area contributed by atoms with Gasteiger partial charge in [0.05, 0.1) is 5.69 Å². The highest BCUT2D eigenvalue weighted by Crippen LogP contribution is 2.21. The van der Waals surface area contributed by atoms with Crippen LogP contribution in [0, 0.1) is 13.8 Å². The average Bonchev–Trinajstić information content (AvgIpc) is 2.44. The fourth-order valence-corrected chi connectivity index (χ4v) is 2.08. The van der Waals surface area contributed by atoms with Crippen molar-refractivity contribution in [2.45, 2.75) is 13.8 Å². The van der Waals surface area contributed by atoms with E-state index < -0.39 is 5.69 Å². The van der Waals surface area contributed by atoms with Crippen LogP contribution in [0.2, 0.25) is 0 Å². The number of carbonyl (C=O) groups excluding carboxylic acids is 1. The van der Waals surface area contributed by atoms with E-state index in [4.69, 9.17) is 0 Å². The van der Waals surface area contributed by atoms with Gasteiger partial charge in [0.25, 0.3) is 5.91 Å². The number of amides is 1. The fourth-order valence-electron chi connectivity index (χ4n) is 2.08. The number of carbonyl (C=O) groups is 1. The van der Waals surface area contributed by atoms with Crippen molar-refractivity contribution in [2.75, 3.05) is 6.54 Å². The van der Waals surface area contributed by atoms with Crippen molar-refractivity contribution in [1.82, 2.24) is 15.3 Å². The van der Waals surface area contributed by atoms with Gasteiger partial charge in [0.15, 0.2) is 0 Å². The van der Waals surface area contributed by atoms with Gasteiger partial charge in [-0.2, -0.15) is 4.98 Å². The zero-order valence-electron chi connectivity index (χ0n) is 12.1. The van der Waals surface area contributed by atoms with Crippen molar-refractivity contribution in [2.24, 2.45) is 0 Å². The van der Waals surface area contributed by atoms with Crippen molar-refractivity contribution in [3.8, 4) is 11.3 Å². The Morgan fingerprint density at radius 3 is 2.81 bits per heavy atom. The van der Waals surface area contributed by atoms with Crippen LogP contribution in [0.25, 0.3) is 11.3 Å². The number of aromatic amines is 1. The van der Waals surface area contributed by atoms with Gasteiger partial charge in [0.1, 0.15) is 5.69 Å². The highest BCUT2D eigenvalue weighted by molar-refractivity contribution is 5.93. The normalized spacial score (nSPS) is 10.2. The first-order chi connectivity index (χ1) is 10.0. The van der Waals surface area contributed by atoms with Gasteiger partial charge in [0.2, 0.25) is 0 Å². The summed E-state index contributed by atoms with van der Waals surface area (Å²) in [6.45, 7) is 7.81. The van der Waals surface area contributed by atoms with Crippen LogP contribution in [-0.4, -0.2) is 22.4 Å². The predicted molar refractivity (Wildman–Crippen MR) is 82.3 cm³/mol. The van der Waals surface area contributed by atoms with Crippen LogP contribution in [0.1, 0.15) is 21.6 Å². The molecule has 21 heavy (non-hydrogen) atoms. The molecule has 2 aromatic rings. The molecule has 0 spiro atoms. The molecule has 108 valence electrons. The molecule has 1 aromatic heterocycles. The summed E-state index contributed by atoms with van der Waals surface area (Å²) < 4.78 is 0. The Balaban J connectivity index is 2.45. The maximum absolute atomic E-state index is 11.9. The van der Waals surface area contributed by atoms with E-state index in [0.29, 0.717) is 12.2 Å². The second-order valence-corrected chi connectivity index (χ2v) is 4.80. The smallest absolute Gasteiger partial charge is 0.346 e. The summed E-state index contributed by atoms with van der Waals surface area (Å²) in [5.74, 6) is -0.361. The van der Waals surface area contributed by atoms with Gasteiger partial charge >= 0.3 is 5.69 Å². The van der Waals surface area contributed by atoms with E-state index in [9.17, 15) is 9.59 Å². The van der Waals surface area contributed by atoms with Crippen LogP contribution in [0.4, 0.5) is 0 Å². The first kappa shape index (κ1) is 14.7. The second kappa shape index (κ2) is 6.17. The molecule has 5 nitrogen and oxygen atoms in total. The molecule has 0 radical (unpaired) electrons. The molecule has 1 amide bonds. The molecule has 1 heterocycles. The summed E-state index contributed by atoms with van der Waals surface area (Å²) in [7, 11) is 0. The van der Waals surface area contributed by atoms with Crippen molar-refractivity contribution < 1.29 is 4.79 Å². The summed E-state index contributed by atoms with van der Waals surface area (Å²) in [6, 6.07) is 7.44. The number of aromatic nitrogens is 2. The molecule has 0 aliphatic heterocycles. The minimum absolute atomic E-state index is 0.187. The Labute approximate surface area is 122 Å². The molecule has 0 saturated carbocycles. The molecule has 5 heteroatoms. The van der Waals surface area contributed by atoms with Gasteiger partial charge in [-0.05, 0) is 25.5 Å². The topological polar surface area (TPSA) is 74.8 Å². The van der Waals surface area contributed by atoms with E-state index in [1.54, 1.807) is 12.1 Å². The maximum Gasteiger partial charge on any atom is 0.346 e. The minimum atomic E-state index is -0.545. The summed E-state index contributed by atoms with van der Waals surface area (Å²) in [5.41, 5.74) is 3.10. The SMILES string of the molecule is C=CCNC(=O)c1cc(-c2ccc(C)cc2C)nc(=O)[nH]1. The number of hydrogen-bond donors (Lipinski definition) is 2. The third-order valence-corrected chi connectivity index (χ3v) is 3.05. The van der Waals surface area contributed by atoms with Crippen molar-refractivity contribution in [3.05, 3.63) is 64.2 Å². The van der Waals surface area contributed by atoms with Crippen molar-refractivity contribution >= 4 is 5.91 Å². The Hall–Kier alpha value is -2.69. The number of hydrogen-bond acceptors (Lipinski definition) is 3. The van der Waals surface area contributed by atoms with Crippen molar-refractivity contribution in [1.29, 1.82) is 0 Å². The van der Waals surface area contributed by atoms with Crippen LogP contribution in [0.15, 0.2) is 41.7 Å². The van der Waals surface area contributed by atoms with E-state index in [2.05, 4.69) is 21.9 Å². The molecule has 1 aromatic carbocycles. The zero-order chi connectivity index (χ0) is 15.4. The van der Waals surface area contributed by atoms with Crippen LogP contribution < -0.4 is 11.0 Å². The second-order valence-electron chi connectivity index (χ2n) is 4.80. The van der Waals surface area contributed by atoms with Gasteiger partial charge in [-0.1, -0.05) is 29.8 Å². The lowest BCUT2D eigenvalue weighted by Gasteiger charge is -2.08. The molecule has 0 bridgehead atoms. The number of aryl methyl sites for hydroxylation is 2. The molecule has 0 aliphatic rings. The van der Waals surface area contributed by atoms with Crippen LogP contribution in [0.5, 0.6) is 0 Å². The number of benzene rings is 1. The standard InChI is InChI=1S/C16H17N3O2/c1-4-7-17-15(20)14-9-13(18-16(21)19-14)12-6-5-10(2)8-11(12)3/h4-6,8-9H,1,7H2,2-3H3,(H,17,20)(H,18,19,21). The first-order valence-corrected chi connectivity index (χ1v) is 6.59. The summed E-state index contributed by atoms with van der Waals surface area (Å²) in [6.07, 6.45) is 1.57. The monoisotopic (exact) mass is 283 g/mol. The third-order valence-electron chi connectivity index (χ3n) is 3.05. The Morgan fingerprint density at radius 2 is 2.14 bits per heavy atom. The summed E-state index contributed by atoms with van der Waals surface area (Å²) in [5, 5.41) is 2.62. The molecular formula is C16H17N3O2. The lowest BCUT2D eigenvalue weighted by atomic mass is 10.0. The number of H-pyrrole nitrogens is 1. The first-order valence-electron chi connectivity index (χ1n) is 6.59. The van der Waals surface area contributed by atoms with Gasteiger partial charge in [-0.15, -0.1) is 6.58 Å². The Kier molecular flexibility index (Phi) is 4.33.